The molecule has 9 heteroatoms. The van der Waals surface area contributed by atoms with E-state index >= 15 is 0 Å². The van der Waals surface area contributed by atoms with Crippen molar-refractivity contribution in [1.29, 1.82) is 0 Å². The molecule has 0 N–H and O–H groups in total. The van der Waals surface area contributed by atoms with Gasteiger partial charge in [0, 0.05) is 25.7 Å². The second-order valence-electron chi connectivity index (χ2n) is 4.57. The van der Waals surface area contributed by atoms with Crippen molar-refractivity contribution in [2.45, 2.75) is 26.4 Å². The molecule has 7 nitrogen and oxygen atoms in total. The van der Waals surface area contributed by atoms with Crippen LogP contribution in [0.2, 0.25) is 0 Å². The molecule has 1 aliphatic carbocycles. The molecule has 1 saturated carbocycles. The second-order valence-corrected chi connectivity index (χ2v) is 6.75. The van der Waals surface area contributed by atoms with E-state index in [1.807, 2.05) is 0 Å². The number of ether oxygens (including phenoxy) is 2. The molecule has 0 aliphatic heterocycles. The minimum Gasteiger partial charge on any atom is -0.466 e. The summed E-state index contributed by atoms with van der Waals surface area (Å²) in [5.74, 6) is -1.33. The molecule has 0 amide bonds. The Morgan fingerprint density at radius 1 is 1.15 bits per heavy atom. The van der Waals surface area contributed by atoms with Gasteiger partial charge in [-0.1, -0.05) is 0 Å². The van der Waals surface area contributed by atoms with E-state index < -0.39 is 33.4 Å². The van der Waals surface area contributed by atoms with Crippen LogP contribution in [0.3, 0.4) is 0 Å². The summed E-state index contributed by atoms with van der Waals surface area (Å²) < 4.78 is 37.3. The standard InChI is InChI=1S/C11H17ClO7S/c1-7(13)17-4-9-3-11(19-20(15,16)6-12)10(9)5-18-8(2)14/h9-11H,3-6H2,1-2H3/t9-,10-,11+/m1/s1. The zero-order valence-electron chi connectivity index (χ0n) is 11.2. The Morgan fingerprint density at radius 2 is 1.70 bits per heavy atom. The van der Waals surface area contributed by atoms with Gasteiger partial charge in [0.1, 0.15) is 5.21 Å². The van der Waals surface area contributed by atoms with Crippen molar-refractivity contribution in [3.63, 3.8) is 0 Å². The van der Waals surface area contributed by atoms with Gasteiger partial charge in [0.15, 0.2) is 0 Å². The number of rotatable bonds is 7. The fraction of sp³-hybridized carbons (Fsp3) is 0.818. The van der Waals surface area contributed by atoms with E-state index in [-0.39, 0.29) is 25.0 Å². The van der Waals surface area contributed by atoms with Crippen LogP contribution in [0.25, 0.3) is 0 Å². The minimum absolute atomic E-state index is 0.0176. The fourth-order valence-electron chi connectivity index (χ4n) is 1.95. The molecule has 0 radical (unpaired) electrons. The molecule has 0 aromatic rings. The van der Waals surface area contributed by atoms with E-state index in [1.165, 1.54) is 13.8 Å². The first-order chi connectivity index (χ1) is 9.25. The largest absolute Gasteiger partial charge is 0.466 e. The summed E-state index contributed by atoms with van der Waals surface area (Å²) in [6.45, 7) is 2.70. The number of carbonyl (C=O) groups excluding carboxylic acids is 2. The lowest BCUT2D eigenvalue weighted by atomic mass is 9.72. The van der Waals surface area contributed by atoms with E-state index in [0.717, 1.165) is 0 Å². The Bertz CT molecular complexity index is 461. The summed E-state index contributed by atoms with van der Waals surface area (Å²) in [4.78, 5) is 21.6. The highest BCUT2D eigenvalue weighted by molar-refractivity contribution is 7.87. The number of hydrogen-bond donors (Lipinski definition) is 0. The lowest BCUT2D eigenvalue weighted by Crippen LogP contribution is -2.49. The van der Waals surface area contributed by atoms with Crippen LogP contribution >= 0.6 is 11.6 Å². The van der Waals surface area contributed by atoms with Crippen molar-refractivity contribution in [3.8, 4) is 0 Å². The SMILES string of the molecule is CC(=O)OC[C@H]1C[C@H](OS(=O)(=O)CCl)[C@@H]1COC(C)=O. The highest BCUT2D eigenvalue weighted by atomic mass is 35.5. The monoisotopic (exact) mass is 328 g/mol. The number of alkyl halides is 1. The zero-order chi connectivity index (χ0) is 15.3. The molecule has 1 aliphatic rings. The molecule has 0 spiro atoms. The van der Waals surface area contributed by atoms with Crippen molar-refractivity contribution < 1.29 is 31.7 Å². The van der Waals surface area contributed by atoms with E-state index in [2.05, 4.69) is 0 Å². The lowest BCUT2D eigenvalue weighted by molar-refractivity contribution is -0.156. The molecule has 0 saturated heterocycles. The van der Waals surface area contributed by atoms with Gasteiger partial charge < -0.3 is 9.47 Å². The predicted molar refractivity (Wildman–Crippen MR) is 69.4 cm³/mol. The average Bonchev–Trinajstić information content (AvgIpc) is 2.32. The van der Waals surface area contributed by atoms with E-state index in [1.54, 1.807) is 0 Å². The topological polar surface area (TPSA) is 96.0 Å². The molecule has 0 aromatic carbocycles. The van der Waals surface area contributed by atoms with Gasteiger partial charge in [0.25, 0.3) is 10.1 Å². The Kier molecular flexibility index (Phi) is 6.22. The Hall–Kier alpha value is -0.860. The number of halogens is 1. The van der Waals surface area contributed by atoms with Crippen LogP contribution in [-0.4, -0.2) is 44.9 Å². The quantitative estimate of drug-likeness (QED) is 0.385. The number of esters is 2. The highest BCUT2D eigenvalue weighted by Crippen LogP contribution is 2.38. The Morgan fingerprint density at radius 3 is 2.20 bits per heavy atom. The highest BCUT2D eigenvalue weighted by Gasteiger charge is 2.45. The molecule has 1 rings (SSSR count). The first-order valence-corrected chi connectivity index (χ1v) is 8.10. The summed E-state index contributed by atoms with van der Waals surface area (Å²) in [5, 5.41) is -0.640. The maximum atomic E-state index is 11.3. The molecular weight excluding hydrogens is 312 g/mol. The van der Waals surface area contributed by atoms with Crippen molar-refractivity contribution in [3.05, 3.63) is 0 Å². The van der Waals surface area contributed by atoms with Crippen LogP contribution in [0.4, 0.5) is 0 Å². The van der Waals surface area contributed by atoms with Gasteiger partial charge in [0.2, 0.25) is 0 Å². The van der Waals surface area contributed by atoms with E-state index in [4.69, 9.17) is 25.3 Å². The molecule has 0 heterocycles. The van der Waals surface area contributed by atoms with Crippen LogP contribution in [0.1, 0.15) is 20.3 Å². The van der Waals surface area contributed by atoms with Crippen molar-refractivity contribution in [1.82, 2.24) is 0 Å². The summed E-state index contributed by atoms with van der Waals surface area (Å²) in [6.07, 6.45) is -0.214. The van der Waals surface area contributed by atoms with Gasteiger partial charge in [0.05, 0.1) is 19.3 Å². The van der Waals surface area contributed by atoms with Crippen molar-refractivity contribution in [2.24, 2.45) is 11.8 Å². The maximum Gasteiger partial charge on any atom is 0.302 e. The van der Waals surface area contributed by atoms with Gasteiger partial charge in [-0.15, -0.1) is 11.6 Å². The third-order valence-corrected chi connectivity index (χ3v) is 4.61. The van der Waals surface area contributed by atoms with Crippen LogP contribution < -0.4 is 0 Å². The molecular formula is C11H17ClO7S. The predicted octanol–water partition coefficient (Wildman–Crippen LogP) is 0.660. The second kappa shape index (κ2) is 7.24. The van der Waals surface area contributed by atoms with Crippen LogP contribution in [0.15, 0.2) is 0 Å². The fourth-order valence-corrected chi connectivity index (χ4v) is 2.76. The summed E-state index contributed by atoms with van der Waals surface area (Å²) in [5.41, 5.74) is 0. The third kappa shape index (κ3) is 5.26. The van der Waals surface area contributed by atoms with E-state index in [0.29, 0.717) is 6.42 Å². The first-order valence-electron chi connectivity index (χ1n) is 5.99. The molecule has 20 heavy (non-hydrogen) atoms. The van der Waals surface area contributed by atoms with Gasteiger partial charge in [-0.2, -0.15) is 8.42 Å². The van der Waals surface area contributed by atoms with Crippen LogP contribution in [0.5, 0.6) is 0 Å². The Labute approximate surface area is 122 Å². The van der Waals surface area contributed by atoms with Crippen molar-refractivity contribution >= 4 is 33.7 Å². The third-order valence-electron chi connectivity index (χ3n) is 3.00. The number of carbonyl (C=O) groups is 2. The number of hydrogen-bond acceptors (Lipinski definition) is 7. The zero-order valence-corrected chi connectivity index (χ0v) is 12.8. The van der Waals surface area contributed by atoms with Crippen LogP contribution in [0, 0.1) is 11.8 Å². The smallest absolute Gasteiger partial charge is 0.302 e. The van der Waals surface area contributed by atoms with Gasteiger partial charge in [-0.05, 0) is 6.42 Å². The molecule has 0 bridgehead atoms. The lowest BCUT2D eigenvalue weighted by Gasteiger charge is -2.42. The Balaban J connectivity index is 2.58. The van der Waals surface area contributed by atoms with Gasteiger partial charge >= 0.3 is 11.9 Å². The molecule has 0 unspecified atom stereocenters. The van der Waals surface area contributed by atoms with Crippen LogP contribution in [-0.2, 0) is 33.4 Å². The molecule has 3 atom stereocenters. The first kappa shape index (κ1) is 17.2. The molecule has 1 fully saturated rings. The maximum absolute atomic E-state index is 11.3. The molecule has 116 valence electrons. The van der Waals surface area contributed by atoms with E-state index in [9.17, 15) is 18.0 Å². The molecule has 0 aromatic heterocycles. The minimum atomic E-state index is -3.79. The average molecular weight is 329 g/mol. The summed E-state index contributed by atoms with van der Waals surface area (Å²) >= 11 is 5.26. The summed E-state index contributed by atoms with van der Waals surface area (Å²) in [6, 6.07) is 0. The van der Waals surface area contributed by atoms with Gasteiger partial charge in [-0.3, -0.25) is 13.8 Å². The normalized spacial score (nSPS) is 25.6. The van der Waals surface area contributed by atoms with Gasteiger partial charge in [-0.25, -0.2) is 0 Å². The summed E-state index contributed by atoms with van der Waals surface area (Å²) in [7, 11) is -3.79. The van der Waals surface area contributed by atoms with Crippen molar-refractivity contribution in [2.75, 3.05) is 18.4 Å².